The molecular formula is C15H15N5. The predicted octanol–water partition coefficient (Wildman–Crippen LogP) is 1.80. The highest BCUT2D eigenvalue weighted by Crippen LogP contribution is 2.26. The summed E-state index contributed by atoms with van der Waals surface area (Å²) in [7, 11) is 0. The van der Waals surface area contributed by atoms with E-state index in [0.717, 1.165) is 29.9 Å². The summed E-state index contributed by atoms with van der Waals surface area (Å²) in [6.07, 6.45) is 0.916. The number of hydrogen-bond acceptors (Lipinski definition) is 5. The summed E-state index contributed by atoms with van der Waals surface area (Å²) in [5.41, 5.74) is 10.5. The molecule has 0 bridgehead atoms. The lowest BCUT2D eigenvalue weighted by atomic mass is 9.98. The van der Waals surface area contributed by atoms with Crippen molar-refractivity contribution in [1.29, 1.82) is 5.26 Å². The normalized spacial score (nSPS) is 13.7. The van der Waals surface area contributed by atoms with Gasteiger partial charge in [0.1, 0.15) is 11.8 Å². The van der Waals surface area contributed by atoms with Crippen LogP contribution in [0.2, 0.25) is 0 Å². The molecule has 100 valence electrons. The number of anilines is 2. The summed E-state index contributed by atoms with van der Waals surface area (Å²) in [4.78, 5) is 10.8. The fourth-order valence-corrected chi connectivity index (χ4v) is 2.53. The molecule has 1 aliphatic heterocycles. The van der Waals surface area contributed by atoms with Gasteiger partial charge in [-0.05, 0) is 36.6 Å². The van der Waals surface area contributed by atoms with Gasteiger partial charge < -0.3 is 10.6 Å². The van der Waals surface area contributed by atoms with Crippen LogP contribution in [0.5, 0.6) is 0 Å². The molecule has 1 aromatic heterocycles. The lowest BCUT2D eigenvalue weighted by Crippen LogP contribution is -2.32. The first kappa shape index (κ1) is 12.4. The number of nitrogen functional groups attached to an aromatic ring is 1. The van der Waals surface area contributed by atoms with Gasteiger partial charge in [0.2, 0.25) is 5.95 Å². The summed E-state index contributed by atoms with van der Waals surface area (Å²) in [5, 5.41) is 9.01. The van der Waals surface area contributed by atoms with E-state index in [1.165, 1.54) is 5.56 Å². The second kappa shape index (κ2) is 4.82. The maximum absolute atomic E-state index is 9.01. The van der Waals surface area contributed by atoms with Crippen molar-refractivity contribution < 1.29 is 0 Å². The van der Waals surface area contributed by atoms with Gasteiger partial charge in [0, 0.05) is 24.5 Å². The Morgan fingerprint density at radius 2 is 2.20 bits per heavy atom. The fraction of sp³-hybridized carbons (Fsp3) is 0.267. The van der Waals surface area contributed by atoms with E-state index in [4.69, 9.17) is 11.0 Å². The minimum Gasteiger partial charge on any atom is -0.398 e. The van der Waals surface area contributed by atoms with Gasteiger partial charge in [-0.2, -0.15) is 5.26 Å². The molecule has 2 aromatic rings. The van der Waals surface area contributed by atoms with E-state index in [0.29, 0.717) is 18.2 Å². The Labute approximate surface area is 117 Å². The minimum atomic E-state index is 0.402. The third-order valence-electron chi connectivity index (χ3n) is 3.55. The molecule has 0 amide bonds. The first-order chi connectivity index (χ1) is 9.67. The van der Waals surface area contributed by atoms with Crippen LogP contribution < -0.4 is 10.6 Å². The van der Waals surface area contributed by atoms with Crippen LogP contribution in [-0.4, -0.2) is 16.5 Å². The standard InChI is InChI=1S/C15H15N5/c1-10-7-12(8-16)19-15(18-10)20-6-5-11-3-2-4-14(17)13(11)9-20/h2-4,7H,5-6,9,17H2,1H3. The van der Waals surface area contributed by atoms with Crippen LogP contribution in [0.3, 0.4) is 0 Å². The zero-order valence-electron chi connectivity index (χ0n) is 11.3. The molecule has 0 unspecified atom stereocenters. The lowest BCUT2D eigenvalue weighted by Gasteiger charge is -2.29. The van der Waals surface area contributed by atoms with Gasteiger partial charge in [-0.15, -0.1) is 0 Å². The van der Waals surface area contributed by atoms with E-state index in [1.54, 1.807) is 6.07 Å². The van der Waals surface area contributed by atoms with Crippen molar-refractivity contribution in [1.82, 2.24) is 9.97 Å². The van der Waals surface area contributed by atoms with Crippen molar-refractivity contribution in [3.8, 4) is 6.07 Å². The third-order valence-corrected chi connectivity index (χ3v) is 3.55. The summed E-state index contributed by atoms with van der Waals surface area (Å²) in [6, 6.07) is 9.78. The number of fused-ring (bicyclic) bond motifs is 1. The molecule has 0 fully saturated rings. The zero-order valence-corrected chi connectivity index (χ0v) is 11.3. The van der Waals surface area contributed by atoms with Crippen molar-refractivity contribution in [2.45, 2.75) is 19.9 Å². The number of hydrogen-bond donors (Lipinski definition) is 1. The molecule has 0 saturated carbocycles. The van der Waals surface area contributed by atoms with Crippen molar-refractivity contribution in [3.05, 3.63) is 46.8 Å². The first-order valence-electron chi connectivity index (χ1n) is 6.54. The largest absolute Gasteiger partial charge is 0.398 e. The summed E-state index contributed by atoms with van der Waals surface area (Å²) >= 11 is 0. The van der Waals surface area contributed by atoms with Crippen LogP contribution in [0.4, 0.5) is 11.6 Å². The molecule has 0 spiro atoms. The Bertz CT molecular complexity index is 702. The Morgan fingerprint density at radius 1 is 1.35 bits per heavy atom. The van der Waals surface area contributed by atoms with Gasteiger partial charge in [0.25, 0.3) is 0 Å². The average molecular weight is 265 g/mol. The number of aromatic nitrogens is 2. The topological polar surface area (TPSA) is 78.8 Å². The maximum atomic E-state index is 9.01. The maximum Gasteiger partial charge on any atom is 0.227 e. The molecule has 3 rings (SSSR count). The molecule has 5 nitrogen and oxygen atoms in total. The van der Waals surface area contributed by atoms with Gasteiger partial charge in [0.15, 0.2) is 0 Å². The van der Waals surface area contributed by atoms with Crippen molar-refractivity contribution in [2.75, 3.05) is 17.2 Å². The Morgan fingerprint density at radius 3 is 3.00 bits per heavy atom. The Kier molecular flexibility index (Phi) is 2.99. The molecule has 2 N–H and O–H groups in total. The van der Waals surface area contributed by atoms with E-state index >= 15 is 0 Å². The van der Waals surface area contributed by atoms with Crippen molar-refractivity contribution >= 4 is 11.6 Å². The molecule has 20 heavy (non-hydrogen) atoms. The van der Waals surface area contributed by atoms with Crippen LogP contribution in [0.1, 0.15) is 22.5 Å². The highest BCUT2D eigenvalue weighted by atomic mass is 15.3. The Balaban J connectivity index is 1.96. The molecule has 2 heterocycles. The van der Waals surface area contributed by atoms with Gasteiger partial charge >= 0.3 is 0 Å². The molecule has 1 aliphatic rings. The zero-order chi connectivity index (χ0) is 14.1. The number of nitriles is 1. The molecule has 0 atom stereocenters. The average Bonchev–Trinajstić information content (AvgIpc) is 2.46. The molecule has 1 aromatic carbocycles. The van der Waals surface area contributed by atoms with E-state index in [2.05, 4.69) is 27.0 Å². The van der Waals surface area contributed by atoms with E-state index in [9.17, 15) is 0 Å². The lowest BCUT2D eigenvalue weighted by molar-refractivity contribution is 0.706. The molecular weight excluding hydrogens is 250 g/mol. The van der Waals surface area contributed by atoms with Crippen LogP contribution in [-0.2, 0) is 13.0 Å². The highest BCUT2D eigenvalue weighted by molar-refractivity contribution is 5.55. The summed E-state index contributed by atoms with van der Waals surface area (Å²) in [6.45, 7) is 3.40. The number of aryl methyl sites for hydroxylation is 1. The highest BCUT2D eigenvalue weighted by Gasteiger charge is 2.20. The van der Waals surface area contributed by atoms with Gasteiger partial charge in [-0.25, -0.2) is 9.97 Å². The van der Waals surface area contributed by atoms with E-state index in [1.807, 2.05) is 19.1 Å². The monoisotopic (exact) mass is 265 g/mol. The van der Waals surface area contributed by atoms with Gasteiger partial charge in [-0.1, -0.05) is 12.1 Å². The van der Waals surface area contributed by atoms with Gasteiger partial charge in [-0.3, -0.25) is 0 Å². The van der Waals surface area contributed by atoms with E-state index in [-0.39, 0.29) is 0 Å². The Hall–Kier alpha value is -2.61. The number of benzene rings is 1. The van der Waals surface area contributed by atoms with Gasteiger partial charge in [0.05, 0.1) is 0 Å². The smallest absolute Gasteiger partial charge is 0.227 e. The number of rotatable bonds is 1. The van der Waals surface area contributed by atoms with Crippen molar-refractivity contribution in [3.63, 3.8) is 0 Å². The second-order valence-corrected chi connectivity index (χ2v) is 4.96. The SMILES string of the molecule is Cc1cc(C#N)nc(N2CCc3cccc(N)c3C2)n1. The fourth-order valence-electron chi connectivity index (χ4n) is 2.53. The molecule has 0 saturated heterocycles. The molecule has 0 aliphatic carbocycles. The third kappa shape index (κ3) is 2.16. The number of nitrogens with zero attached hydrogens (tertiary/aromatic N) is 4. The summed E-state index contributed by atoms with van der Waals surface area (Å²) in [5.74, 6) is 0.607. The predicted molar refractivity (Wildman–Crippen MR) is 77.1 cm³/mol. The van der Waals surface area contributed by atoms with Crippen LogP contribution in [0.25, 0.3) is 0 Å². The second-order valence-electron chi connectivity index (χ2n) is 4.96. The molecule has 5 heteroatoms. The van der Waals surface area contributed by atoms with E-state index < -0.39 is 0 Å². The van der Waals surface area contributed by atoms with Crippen LogP contribution >= 0.6 is 0 Å². The summed E-state index contributed by atoms with van der Waals surface area (Å²) < 4.78 is 0. The van der Waals surface area contributed by atoms with Crippen molar-refractivity contribution in [2.24, 2.45) is 0 Å². The van der Waals surface area contributed by atoms with Crippen LogP contribution in [0.15, 0.2) is 24.3 Å². The van der Waals surface area contributed by atoms with Crippen LogP contribution in [0, 0.1) is 18.3 Å². The molecule has 0 radical (unpaired) electrons. The minimum absolute atomic E-state index is 0.402. The number of nitrogens with two attached hydrogens (primary N) is 1. The quantitative estimate of drug-likeness (QED) is 0.795. The first-order valence-corrected chi connectivity index (χ1v) is 6.54.